The molecule has 0 saturated carbocycles. The van der Waals surface area contributed by atoms with Crippen molar-refractivity contribution in [1.82, 2.24) is 4.90 Å². The van der Waals surface area contributed by atoms with Gasteiger partial charge in [0, 0.05) is 18.3 Å². The summed E-state index contributed by atoms with van der Waals surface area (Å²) in [5, 5.41) is 4.10. The zero-order chi connectivity index (χ0) is 13.1. The molecule has 1 heterocycles. The van der Waals surface area contributed by atoms with E-state index in [9.17, 15) is 0 Å². The lowest BCUT2D eigenvalue weighted by atomic mass is 10.1. The van der Waals surface area contributed by atoms with E-state index in [1.54, 1.807) is 0 Å². The van der Waals surface area contributed by atoms with Crippen molar-refractivity contribution >= 4 is 23.0 Å². The van der Waals surface area contributed by atoms with Crippen molar-refractivity contribution in [1.29, 1.82) is 0 Å². The Morgan fingerprint density at radius 3 is 2.72 bits per heavy atom. The molecule has 1 aliphatic heterocycles. The number of anilines is 2. The first kappa shape index (κ1) is 13.5. The number of nitrogens with zero attached hydrogens (tertiary/aromatic N) is 1. The lowest BCUT2D eigenvalue weighted by molar-refractivity contribution is 0.269. The molecule has 1 unspecified atom stereocenters. The number of halogens is 1. The average Bonchev–Trinajstić information content (AvgIpc) is 2.85. The van der Waals surface area contributed by atoms with Gasteiger partial charge in [0.25, 0.3) is 0 Å². The van der Waals surface area contributed by atoms with Crippen molar-refractivity contribution in [3.05, 3.63) is 22.7 Å². The molecule has 0 radical (unpaired) electrons. The third kappa shape index (κ3) is 3.09. The molecule has 1 aliphatic rings. The minimum Gasteiger partial charge on any atom is -0.398 e. The summed E-state index contributed by atoms with van der Waals surface area (Å²) in [6.07, 6.45) is 2.66. The summed E-state index contributed by atoms with van der Waals surface area (Å²) in [5.41, 5.74) is 8.65. The van der Waals surface area contributed by atoms with Gasteiger partial charge in [-0.2, -0.15) is 0 Å². The highest BCUT2D eigenvalue weighted by Crippen LogP contribution is 2.26. The Morgan fingerprint density at radius 2 is 2.06 bits per heavy atom. The van der Waals surface area contributed by atoms with Crippen LogP contribution in [-0.4, -0.2) is 30.6 Å². The van der Waals surface area contributed by atoms with Gasteiger partial charge in [-0.25, -0.2) is 0 Å². The van der Waals surface area contributed by atoms with Crippen molar-refractivity contribution in [2.75, 3.05) is 30.7 Å². The minimum absolute atomic E-state index is 0.559. The Kier molecular flexibility index (Phi) is 4.36. The number of benzene rings is 1. The average molecular weight is 268 g/mol. The van der Waals surface area contributed by atoms with E-state index in [4.69, 9.17) is 17.3 Å². The van der Waals surface area contributed by atoms with Gasteiger partial charge in [0.05, 0.1) is 10.7 Å². The van der Waals surface area contributed by atoms with Crippen LogP contribution in [0.3, 0.4) is 0 Å². The van der Waals surface area contributed by atoms with Gasteiger partial charge in [-0.15, -0.1) is 0 Å². The number of aryl methyl sites for hydroxylation is 1. The van der Waals surface area contributed by atoms with Crippen LogP contribution in [-0.2, 0) is 0 Å². The second-order valence-corrected chi connectivity index (χ2v) is 5.57. The quantitative estimate of drug-likeness (QED) is 0.824. The van der Waals surface area contributed by atoms with Crippen molar-refractivity contribution < 1.29 is 0 Å². The summed E-state index contributed by atoms with van der Waals surface area (Å²) >= 11 is 6.05. The topological polar surface area (TPSA) is 41.3 Å². The standard InChI is InChI=1S/C14H22ClN3/c1-10-7-13(16)12(15)8-14(10)17-9-11(2)18-5-3-4-6-18/h7-8,11,17H,3-6,9,16H2,1-2H3. The fraction of sp³-hybridized carbons (Fsp3) is 0.571. The molecule has 2 rings (SSSR count). The smallest absolute Gasteiger partial charge is 0.0656 e. The Hall–Kier alpha value is -0.930. The predicted octanol–water partition coefficient (Wildman–Crippen LogP) is 3.13. The number of hydrogen-bond acceptors (Lipinski definition) is 3. The normalized spacial score (nSPS) is 17.9. The Labute approximate surface area is 114 Å². The molecule has 3 nitrogen and oxygen atoms in total. The van der Waals surface area contributed by atoms with Crippen LogP contribution in [0.4, 0.5) is 11.4 Å². The molecule has 3 N–H and O–H groups in total. The summed E-state index contributed by atoms with van der Waals surface area (Å²) < 4.78 is 0. The van der Waals surface area contributed by atoms with Gasteiger partial charge >= 0.3 is 0 Å². The second kappa shape index (κ2) is 5.81. The first-order chi connectivity index (χ1) is 8.58. The molecule has 1 aromatic carbocycles. The third-order valence-electron chi connectivity index (χ3n) is 3.70. The summed E-state index contributed by atoms with van der Waals surface area (Å²) in [4.78, 5) is 2.53. The summed E-state index contributed by atoms with van der Waals surface area (Å²) in [5.74, 6) is 0. The maximum Gasteiger partial charge on any atom is 0.0656 e. The van der Waals surface area contributed by atoms with Crippen LogP contribution in [0.1, 0.15) is 25.3 Å². The number of likely N-dealkylation sites (tertiary alicyclic amines) is 1. The summed E-state index contributed by atoms with van der Waals surface area (Å²) in [7, 11) is 0. The van der Waals surface area contributed by atoms with Crippen LogP contribution >= 0.6 is 11.6 Å². The molecule has 1 aromatic rings. The van der Waals surface area contributed by atoms with Crippen molar-refractivity contribution in [2.24, 2.45) is 0 Å². The summed E-state index contributed by atoms with van der Waals surface area (Å²) in [6.45, 7) is 7.72. The minimum atomic E-state index is 0.559. The van der Waals surface area contributed by atoms with E-state index in [2.05, 4.69) is 24.1 Å². The predicted molar refractivity (Wildman–Crippen MR) is 79.4 cm³/mol. The molecule has 0 aliphatic carbocycles. The Morgan fingerprint density at radius 1 is 1.39 bits per heavy atom. The molecule has 0 spiro atoms. The van der Waals surface area contributed by atoms with E-state index in [0.717, 1.165) is 17.8 Å². The molecule has 18 heavy (non-hydrogen) atoms. The van der Waals surface area contributed by atoms with Crippen molar-refractivity contribution in [3.63, 3.8) is 0 Å². The van der Waals surface area contributed by atoms with Gasteiger partial charge in [-0.1, -0.05) is 11.6 Å². The van der Waals surface area contributed by atoms with Crippen LogP contribution < -0.4 is 11.1 Å². The number of hydrogen-bond donors (Lipinski definition) is 2. The molecule has 100 valence electrons. The number of nitrogens with one attached hydrogen (secondary N) is 1. The van der Waals surface area contributed by atoms with E-state index in [1.165, 1.54) is 25.9 Å². The third-order valence-corrected chi connectivity index (χ3v) is 4.02. The molecule has 1 atom stereocenters. The van der Waals surface area contributed by atoms with Gasteiger partial charge in [-0.3, -0.25) is 4.90 Å². The molecule has 0 aromatic heterocycles. The van der Waals surface area contributed by atoms with Crippen molar-refractivity contribution in [2.45, 2.75) is 32.7 Å². The Bertz CT molecular complexity index is 414. The maximum absolute atomic E-state index is 6.05. The highest BCUT2D eigenvalue weighted by atomic mass is 35.5. The highest BCUT2D eigenvalue weighted by molar-refractivity contribution is 6.33. The first-order valence-electron chi connectivity index (χ1n) is 6.61. The van der Waals surface area contributed by atoms with Gasteiger partial charge in [0.2, 0.25) is 0 Å². The molecule has 1 fully saturated rings. The second-order valence-electron chi connectivity index (χ2n) is 5.16. The molecule has 1 saturated heterocycles. The van der Waals surface area contributed by atoms with Crippen LogP contribution in [0.2, 0.25) is 5.02 Å². The number of nitrogen functional groups attached to an aromatic ring is 1. The van der Waals surface area contributed by atoms with Crippen LogP contribution in [0.15, 0.2) is 12.1 Å². The fourth-order valence-corrected chi connectivity index (χ4v) is 2.63. The number of rotatable bonds is 4. The van der Waals surface area contributed by atoms with E-state index in [0.29, 0.717) is 16.8 Å². The van der Waals surface area contributed by atoms with Gasteiger partial charge in [-0.05, 0) is 57.5 Å². The first-order valence-corrected chi connectivity index (χ1v) is 6.99. The van der Waals surface area contributed by atoms with E-state index < -0.39 is 0 Å². The van der Waals surface area contributed by atoms with E-state index >= 15 is 0 Å². The molecular formula is C14H22ClN3. The highest BCUT2D eigenvalue weighted by Gasteiger charge is 2.17. The zero-order valence-electron chi connectivity index (χ0n) is 11.2. The SMILES string of the molecule is Cc1cc(N)c(Cl)cc1NCC(C)N1CCCC1. The fourth-order valence-electron chi connectivity index (χ4n) is 2.46. The van der Waals surface area contributed by atoms with Crippen LogP contribution in [0.5, 0.6) is 0 Å². The van der Waals surface area contributed by atoms with Crippen LogP contribution in [0, 0.1) is 6.92 Å². The van der Waals surface area contributed by atoms with E-state index in [-0.39, 0.29) is 0 Å². The van der Waals surface area contributed by atoms with Crippen LogP contribution in [0.25, 0.3) is 0 Å². The maximum atomic E-state index is 6.05. The largest absolute Gasteiger partial charge is 0.398 e. The van der Waals surface area contributed by atoms with Gasteiger partial charge < -0.3 is 11.1 Å². The molecule has 0 bridgehead atoms. The van der Waals surface area contributed by atoms with Gasteiger partial charge in [0.1, 0.15) is 0 Å². The number of nitrogens with two attached hydrogens (primary N) is 1. The van der Waals surface area contributed by atoms with Gasteiger partial charge in [0.15, 0.2) is 0 Å². The molecule has 4 heteroatoms. The molecule has 0 amide bonds. The Balaban J connectivity index is 1.95. The molecular weight excluding hydrogens is 246 g/mol. The monoisotopic (exact) mass is 267 g/mol. The summed E-state index contributed by atoms with van der Waals surface area (Å²) in [6, 6.07) is 4.40. The lowest BCUT2D eigenvalue weighted by Crippen LogP contribution is -2.35. The van der Waals surface area contributed by atoms with E-state index in [1.807, 2.05) is 12.1 Å². The zero-order valence-corrected chi connectivity index (χ0v) is 11.9. The lowest BCUT2D eigenvalue weighted by Gasteiger charge is -2.24. The van der Waals surface area contributed by atoms with Crippen molar-refractivity contribution in [3.8, 4) is 0 Å².